The summed E-state index contributed by atoms with van der Waals surface area (Å²) < 4.78 is 10.3. The van der Waals surface area contributed by atoms with E-state index in [1.54, 1.807) is 0 Å². The fourth-order valence-electron chi connectivity index (χ4n) is 3.86. The number of carbonyl (C=O) groups is 2. The summed E-state index contributed by atoms with van der Waals surface area (Å²) >= 11 is 0. The molecule has 118 valence electrons. The molecule has 5 heteroatoms. The van der Waals surface area contributed by atoms with Crippen LogP contribution in [0.15, 0.2) is 12.2 Å². The van der Waals surface area contributed by atoms with Crippen molar-refractivity contribution in [3.8, 4) is 0 Å². The van der Waals surface area contributed by atoms with Crippen molar-refractivity contribution < 1.29 is 24.2 Å². The highest BCUT2D eigenvalue weighted by atomic mass is 16.6. The number of hydrogen-bond acceptors (Lipinski definition) is 5. The molecular formula is C16H24O5. The molecule has 1 saturated carbocycles. The van der Waals surface area contributed by atoms with Crippen LogP contribution >= 0.6 is 0 Å². The maximum atomic E-state index is 11.9. The van der Waals surface area contributed by atoms with Gasteiger partial charge in [0.25, 0.3) is 0 Å². The van der Waals surface area contributed by atoms with Gasteiger partial charge in [-0.2, -0.15) is 0 Å². The summed E-state index contributed by atoms with van der Waals surface area (Å²) in [5.41, 5.74) is -0.283. The molecule has 0 aromatic rings. The van der Waals surface area contributed by atoms with Crippen LogP contribution in [0, 0.1) is 23.2 Å². The van der Waals surface area contributed by atoms with Gasteiger partial charge in [-0.1, -0.05) is 27.4 Å². The second kappa shape index (κ2) is 5.44. The average molecular weight is 296 g/mol. The molecule has 2 rings (SSSR count). The lowest BCUT2D eigenvalue weighted by molar-refractivity contribution is -0.155. The Morgan fingerprint density at radius 3 is 2.71 bits per heavy atom. The van der Waals surface area contributed by atoms with Crippen molar-refractivity contribution in [2.24, 2.45) is 23.2 Å². The lowest BCUT2D eigenvalue weighted by Crippen LogP contribution is -2.53. The van der Waals surface area contributed by atoms with Crippen molar-refractivity contribution in [3.05, 3.63) is 12.2 Å². The number of rotatable bonds is 3. The zero-order chi connectivity index (χ0) is 15.9. The topological polar surface area (TPSA) is 72.8 Å². The van der Waals surface area contributed by atoms with Crippen molar-refractivity contribution >= 4 is 11.9 Å². The van der Waals surface area contributed by atoms with E-state index in [-0.39, 0.29) is 23.4 Å². The van der Waals surface area contributed by atoms with E-state index < -0.39 is 29.5 Å². The normalized spacial score (nSPS) is 42.1. The first-order valence-corrected chi connectivity index (χ1v) is 7.43. The quantitative estimate of drug-likeness (QED) is 0.634. The van der Waals surface area contributed by atoms with E-state index in [0.717, 1.165) is 0 Å². The molecule has 0 unspecified atom stereocenters. The molecule has 0 aromatic heterocycles. The van der Waals surface area contributed by atoms with Crippen LogP contribution in [0.4, 0.5) is 0 Å². The third-order valence-corrected chi connectivity index (χ3v) is 5.57. The van der Waals surface area contributed by atoms with Crippen LogP contribution in [-0.2, 0) is 19.1 Å². The molecule has 2 fully saturated rings. The van der Waals surface area contributed by atoms with Gasteiger partial charge in [0, 0.05) is 22.8 Å². The molecule has 2 aliphatic rings. The molecule has 5 nitrogen and oxygen atoms in total. The van der Waals surface area contributed by atoms with E-state index >= 15 is 0 Å². The van der Waals surface area contributed by atoms with Crippen LogP contribution in [-0.4, -0.2) is 36.4 Å². The number of fused-ring (bicyclic) bond motifs is 1. The number of methoxy groups -OCH3 is 1. The summed E-state index contributed by atoms with van der Waals surface area (Å²) in [6.45, 7) is 9.55. The zero-order valence-electron chi connectivity index (χ0n) is 13.1. The number of carbonyl (C=O) groups excluding carboxylic acids is 2. The highest BCUT2D eigenvalue weighted by Gasteiger charge is 2.59. The molecule has 1 N–H and O–H groups in total. The van der Waals surface area contributed by atoms with Gasteiger partial charge in [0.1, 0.15) is 6.10 Å². The SMILES string of the molecule is C=C(C(=O)OC)[C@@H]1[C@H]2OC(=O)[C@H](C)[C@@H]2C[C@H](O)[C@@]1(C)CC. The summed E-state index contributed by atoms with van der Waals surface area (Å²) in [7, 11) is 1.30. The van der Waals surface area contributed by atoms with Gasteiger partial charge in [0.05, 0.1) is 19.1 Å². The Morgan fingerprint density at radius 2 is 2.19 bits per heavy atom. The Bertz CT molecular complexity index is 471. The summed E-state index contributed by atoms with van der Waals surface area (Å²) in [6.07, 6.45) is 0.149. The van der Waals surface area contributed by atoms with Gasteiger partial charge in [-0.3, -0.25) is 4.79 Å². The van der Waals surface area contributed by atoms with E-state index in [1.807, 2.05) is 20.8 Å². The van der Waals surface area contributed by atoms with E-state index in [9.17, 15) is 14.7 Å². The number of esters is 2. The number of aliphatic hydroxyl groups excluding tert-OH is 1. The smallest absolute Gasteiger partial charge is 0.333 e. The Kier molecular flexibility index (Phi) is 4.15. The highest BCUT2D eigenvalue weighted by Crippen LogP contribution is 2.54. The Morgan fingerprint density at radius 1 is 1.57 bits per heavy atom. The van der Waals surface area contributed by atoms with Crippen LogP contribution in [0.5, 0.6) is 0 Å². The molecule has 21 heavy (non-hydrogen) atoms. The zero-order valence-corrected chi connectivity index (χ0v) is 13.1. The van der Waals surface area contributed by atoms with Crippen molar-refractivity contribution in [2.75, 3.05) is 7.11 Å². The van der Waals surface area contributed by atoms with Crippen molar-refractivity contribution in [3.63, 3.8) is 0 Å². The van der Waals surface area contributed by atoms with Crippen LogP contribution in [0.25, 0.3) is 0 Å². The predicted octanol–water partition coefficient (Wildman–Crippen LogP) is 1.69. The molecule has 0 spiro atoms. The molecule has 1 heterocycles. The summed E-state index contributed by atoms with van der Waals surface area (Å²) in [5.74, 6) is -1.54. The van der Waals surface area contributed by atoms with Gasteiger partial charge in [0.2, 0.25) is 0 Å². The van der Waals surface area contributed by atoms with E-state index in [0.29, 0.717) is 12.8 Å². The third kappa shape index (κ3) is 2.27. The Hall–Kier alpha value is -1.36. The maximum absolute atomic E-state index is 11.9. The van der Waals surface area contributed by atoms with Gasteiger partial charge in [0.15, 0.2) is 0 Å². The molecule has 0 aromatic carbocycles. The lowest BCUT2D eigenvalue weighted by Gasteiger charge is -2.49. The number of hydrogen-bond donors (Lipinski definition) is 1. The minimum absolute atomic E-state index is 0.0847. The molecule has 0 bridgehead atoms. The van der Waals surface area contributed by atoms with E-state index in [2.05, 4.69) is 6.58 Å². The van der Waals surface area contributed by atoms with Crippen LogP contribution in [0.1, 0.15) is 33.6 Å². The van der Waals surface area contributed by atoms with Gasteiger partial charge >= 0.3 is 11.9 Å². The third-order valence-electron chi connectivity index (χ3n) is 5.57. The Balaban J connectivity index is 2.45. The fraction of sp³-hybridized carbons (Fsp3) is 0.750. The first-order chi connectivity index (χ1) is 9.77. The molecule has 0 amide bonds. The van der Waals surface area contributed by atoms with Gasteiger partial charge in [-0.15, -0.1) is 0 Å². The lowest BCUT2D eigenvalue weighted by atomic mass is 9.57. The monoisotopic (exact) mass is 296 g/mol. The van der Waals surface area contributed by atoms with Gasteiger partial charge in [-0.05, 0) is 12.8 Å². The van der Waals surface area contributed by atoms with Crippen molar-refractivity contribution in [1.29, 1.82) is 0 Å². The Labute approximate surface area is 125 Å². The first-order valence-electron chi connectivity index (χ1n) is 7.43. The van der Waals surface area contributed by atoms with Gasteiger partial charge in [-0.25, -0.2) is 4.79 Å². The van der Waals surface area contributed by atoms with Gasteiger partial charge < -0.3 is 14.6 Å². The van der Waals surface area contributed by atoms with Crippen LogP contribution in [0.2, 0.25) is 0 Å². The molecule has 6 atom stereocenters. The molecule has 0 radical (unpaired) electrons. The van der Waals surface area contributed by atoms with E-state index in [1.165, 1.54) is 7.11 Å². The van der Waals surface area contributed by atoms with Crippen LogP contribution < -0.4 is 0 Å². The molecule has 1 aliphatic carbocycles. The van der Waals surface area contributed by atoms with Crippen molar-refractivity contribution in [1.82, 2.24) is 0 Å². The summed E-state index contributed by atoms with van der Waals surface area (Å²) in [4.78, 5) is 23.8. The summed E-state index contributed by atoms with van der Waals surface area (Å²) in [5, 5.41) is 10.6. The highest BCUT2D eigenvalue weighted by molar-refractivity contribution is 5.89. The largest absolute Gasteiger partial charge is 0.466 e. The minimum atomic E-state index is -0.605. The second-order valence-corrected chi connectivity index (χ2v) is 6.46. The number of ether oxygens (including phenoxy) is 2. The van der Waals surface area contributed by atoms with Crippen LogP contribution in [0.3, 0.4) is 0 Å². The first kappa shape index (κ1) is 16.0. The molecule has 1 aliphatic heterocycles. The maximum Gasteiger partial charge on any atom is 0.333 e. The minimum Gasteiger partial charge on any atom is -0.466 e. The second-order valence-electron chi connectivity index (χ2n) is 6.46. The standard InChI is InChI=1S/C16H24O5/c1-6-16(4)11(17)7-10-8(2)15(19)21-13(10)12(16)9(3)14(18)20-5/h8,10-13,17H,3,6-7H2,1-2,4-5H3/t8-,10+,11+,12-,13+,16-/m1/s1. The molecule has 1 saturated heterocycles. The van der Waals surface area contributed by atoms with E-state index in [4.69, 9.17) is 9.47 Å². The number of aliphatic hydroxyl groups is 1. The average Bonchev–Trinajstić information content (AvgIpc) is 2.74. The van der Waals surface area contributed by atoms with Crippen molar-refractivity contribution in [2.45, 2.75) is 45.8 Å². The molecular weight excluding hydrogens is 272 g/mol. The summed E-state index contributed by atoms with van der Waals surface area (Å²) in [6, 6.07) is 0. The fourth-order valence-corrected chi connectivity index (χ4v) is 3.86. The predicted molar refractivity (Wildman–Crippen MR) is 76.2 cm³/mol.